The summed E-state index contributed by atoms with van der Waals surface area (Å²) < 4.78 is 13.2. The Kier molecular flexibility index (Phi) is 6.08. The highest BCUT2D eigenvalue weighted by molar-refractivity contribution is 7.98. The summed E-state index contributed by atoms with van der Waals surface area (Å²) in [5.74, 6) is -0.212. The van der Waals surface area contributed by atoms with Gasteiger partial charge in [0.2, 0.25) is 0 Å². The molecule has 1 N–H and O–H groups in total. The van der Waals surface area contributed by atoms with Crippen molar-refractivity contribution in [1.82, 2.24) is 0 Å². The Bertz CT molecular complexity index is 848. The summed E-state index contributed by atoms with van der Waals surface area (Å²) in [5.41, 5.74) is 2.50. The minimum Gasteiger partial charge on any atom is -0.378 e. The topological polar surface area (TPSA) is 29.1 Å². The standard InChI is InChI=1S/C22H20FNOS/c1-26-20-13-7-16(8-14-20)21(24-19-11-9-18(23)10-12-19)15-22(25)17-5-3-2-4-6-17/h2-14,21,24H,15H2,1H3/t21-/m1/s1. The number of carbonyl (C=O) groups is 1. The Morgan fingerprint density at radius 2 is 1.62 bits per heavy atom. The number of anilines is 1. The van der Waals surface area contributed by atoms with Gasteiger partial charge in [-0.05, 0) is 48.2 Å². The van der Waals surface area contributed by atoms with E-state index < -0.39 is 0 Å². The van der Waals surface area contributed by atoms with E-state index in [9.17, 15) is 9.18 Å². The highest BCUT2D eigenvalue weighted by atomic mass is 32.2. The molecule has 0 bridgehead atoms. The molecule has 0 aliphatic carbocycles. The van der Waals surface area contributed by atoms with E-state index >= 15 is 0 Å². The molecule has 0 fully saturated rings. The number of thioether (sulfide) groups is 1. The molecule has 0 saturated heterocycles. The van der Waals surface area contributed by atoms with Crippen LogP contribution in [0.1, 0.15) is 28.4 Å². The second-order valence-corrected chi connectivity index (χ2v) is 6.85. The minimum absolute atomic E-state index is 0.0687. The first-order valence-electron chi connectivity index (χ1n) is 8.40. The number of nitrogens with one attached hydrogen (secondary N) is 1. The Labute approximate surface area is 157 Å². The number of ketones is 1. The minimum atomic E-state index is -0.281. The van der Waals surface area contributed by atoms with Crippen LogP contribution in [0.25, 0.3) is 0 Å². The van der Waals surface area contributed by atoms with Crippen LogP contribution in [0.15, 0.2) is 83.8 Å². The van der Waals surface area contributed by atoms with Crippen molar-refractivity contribution >= 4 is 23.2 Å². The number of benzene rings is 3. The third kappa shape index (κ3) is 4.73. The first kappa shape index (κ1) is 18.2. The molecule has 3 aromatic carbocycles. The van der Waals surface area contributed by atoms with Crippen LogP contribution in [0.2, 0.25) is 0 Å². The van der Waals surface area contributed by atoms with Crippen LogP contribution in [0.4, 0.5) is 10.1 Å². The van der Waals surface area contributed by atoms with E-state index in [0.29, 0.717) is 12.0 Å². The molecule has 4 heteroatoms. The summed E-state index contributed by atoms with van der Waals surface area (Å²) in [6, 6.07) is 23.4. The lowest BCUT2D eigenvalue weighted by Crippen LogP contribution is -2.16. The van der Waals surface area contributed by atoms with E-state index in [1.807, 2.05) is 60.9 Å². The molecule has 26 heavy (non-hydrogen) atoms. The van der Waals surface area contributed by atoms with Crippen LogP contribution >= 0.6 is 11.8 Å². The van der Waals surface area contributed by atoms with Crippen LogP contribution in [0, 0.1) is 5.82 Å². The summed E-state index contributed by atoms with van der Waals surface area (Å²) in [5, 5.41) is 3.37. The molecule has 0 radical (unpaired) electrons. The largest absolute Gasteiger partial charge is 0.378 e. The van der Waals surface area contributed by atoms with Crippen molar-refractivity contribution in [1.29, 1.82) is 0 Å². The average Bonchev–Trinajstić information content (AvgIpc) is 2.70. The molecule has 0 aromatic heterocycles. The van der Waals surface area contributed by atoms with Gasteiger partial charge in [-0.25, -0.2) is 4.39 Å². The van der Waals surface area contributed by atoms with E-state index in [2.05, 4.69) is 5.32 Å². The fourth-order valence-corrected chi connectivity index (χ4v) is 3.17. The lowest BCUT2D eigenvalue weighted by Gasteiger charge is -2.20. The second kappa shape index (κ2) is 8.68. The summed E-state index contributed by atoms with van der Waals surface area (Å²) in [6.07, 6.45) is 2.35. The van der Waals surface area contributed by atoms with Crippen LogP contribution in [-0.2, 0) is 0 Å². The normalized spacial score (nSPS) is 11.8. The molecule has 3 aromatic rings. The quantitative estimate of drug-likeness (QED) is 0.413. The molecule has 0 saturated carbocycles. The zero-order chi connectivity index (χ0) is 18.4. The molecule has 2 nitrogen and oxygen atoms in total. The van der Waals surface area contributed by atoms with Crippen molar-refractivity contribution in [2.24, 2.45) is 0 Å². The maximum atomic E-state index is 13.2. The number of Topliss-reactive ketones (excluding diaryl/α,β-unsaturated/α-hetero) is 1. The van der Waals surface area contributed by atoms with E-state index in [0.717, 1.165) is 11.3 Å². The summed E-state index contributed by atoms with van der Waals surface area (Å²) >= 11 is 1.68. The Morgan fingerprint density at radius 1 is 0.962 bits per heavy atom. The maximum Gasteiger partial charge on any atom is 0.165 e. The SMILES string of the molecule is CSc1ccc([C@@H](CC(=O)c2ccccc2)Nc2ccc(F)cc2)cc1. The first-order chi connectivity index (χ1) is 12.7. The van der Waals surface area contributed by atoms with Crippen molar-refractivity contribution in [2.45, 2.75) is 17.4 Å². The van der Waals surface area contributed by atoms with Gasteiger partial charge < -0.3 is 5.32 Å². The third-order valence-corrected chi connectivity index (χ3v) is 4.93. The number of halogens is 1. The van der Waals surface area contributed by atoms with Gasteiger partial charge >= 0.3 is 0 Å². The van der Waals surface area contributed by atoms with Crippen molar-refractivity contribution in [3.63, 3.8) is 0 Å². The van der Waals surface area contributed by atoms with Gasteiger partial charge in [-0.1, -0.05) is 42.5 Å². The van der Waals surface area contributed by atoms with E-state index in [1.165, 1.54) is 17.0 Å². The van der Waals surface area contributed by atoms with Crippen molar-refractivity contribution in [3.8, 4) is 0 Å². The van der Waals surface area contributed by atoms with E-state index in [4.69, 9.17) is 0 Å². The number of hydrogen-bond donors (Lipinski definition) is 1. The van der Waals surface area contributed by atoms with Gasteiger partial charge in [0.15, 0.2) is 5.78 Å². The maximum absolute atomic E-state index is 13.2. The predicted molar refractivity (Wildman–Crippen MR) is 106 cm³/mol. The van der Waals surface area contributed by atoms with Gasteiger partial charge in [-0.3, -0.25) is 4.79 Å². The zero-order valence-electron chi connectivity index (χ0n) is 14.5. The fourth-order valence-electron chi connectivity index (χ4n) is 2.76. The molecule has 0 unspecified atom stereocenters. The van der Waals surface area contributed by atoms with E-state index in [1.54, 1.807) is 23.9 Å². The van der Waals surface area contributed by atoms with Gasteiger partial charge in [0.1, 0.15) is 5.82 Å². The van der Waals surface area contributed by atoms with E-state index in [-0.39, 0.29) is 17.6 Å². The number of carbonyl (C=O) groups excluding carboxylic acids is 1. The smallest absolute Gasteiger partial charge is 0.165 e. The van der Waals surface area contributed by atoms with Crippen LogP contribution < -0.4 is 5.32 Å². The molecular formula is C22H20FNOS. The van der Waals surface area contributed by atoms with Crippen molar-refractivity contribution in [3.05, 3.63) is 95.8 Å². The van der Waals surface area contributed by atoms with Gasteiger partial charge in [-0.2, -0.15) is 0 Å². The molecule has 3 rings (SSSR count). The van der Waals surface area contributed by atoms with Crippen molar-refractivity contribution in [2.75, 3.05) is 11.6 Å². The molecule has 0 aliphatic rings. The number of rotatable bonds is 7. The molecular weight excluding hydrogens is 345 g/mol. The van der Waals surface area contributed by atoms with Gasteiger partial charge in [0.25, 0.3) is 0 Å². The van der Waals surface area contributed by atoms with Gasteiger partial charge in [0, 0.05) is 22.6 Å². The molecule has 1 atom stereocenters. The molecule has 0 amide bonds. The Balaban J connectivity index is 1.84. The van der Waals surface area contributed by atoms with Crippen LogP contribution in [0.5, 0.6) is 0 Å². The monoisotopic (exact) mass is 365 g/mol. The highest BCUT2D eigenvalue weighted by Crippen LogP contribution is 2.26. The fraction of sp³-hybridized carbons (Fsp3) is 0.136. The first-order valence-corrected chi connectivity index (χ1v) is 9.62. The molecule has 0 spiro atoms. The van der Waals surface area contributed by atoms with Gasteiger partial charge in [0.05, 0.1) is 6.04 Å². The zero-order valence-corrected chi connectivity index (χ0v) is 15.3. The van der Waals surface area contributed by atoms with Crippen LogP contribution in [-0.4, -0.2) is 12.0 Å². The van der Waals surface area contributed by atoms with Crippen molar-refractivity contribution < 1.29 is 9.18 Å². The lowest BCUT2D eigenvalue weighted by molar-refractivity contribution is 0.0976. The summed E-state index contributed by atoms with van der Waals surface area (Å²) in [6.45, 7) is 0. The summed E-state index contributed by atoms with van der Waals surface area (Å²) in [7, 11) is 0. The second-order valence-electron chi connectivity index (χ2n) is 5.97. The highest BCUT2D eigenvalue weighted by Gasteiger charge is 2.17. The number of hydrogen-bond acceptors (Lipinski definition) is 3. The predicted octanol–water partition coefficient (Wildman–Crippen LogP) is 5.97. The molecule has 0 heterocycles. The Morgan fingerprint density at radius 3 is 2.23 bits per heavy atom. The summed E-state index contributed by atoms with van der Waals surface area (Å²) in [4.78, 5) is 13.9. The third-order valence-electron chi connectivity index (χ3n) is 4.19. The molecule has 132 valence electrons. The Hall–Kier alpha value is -2.59. The molecule has 0 aliphatic heterocycles. The van der Waals surface area contributed by atoms with Crippen LogP contribution in [0.3, 0.4) is 0 Å². The van der Waals surface area contributed by atoms with Gasteiger partial charge in [-0.15, -0.1) is 11.8 Å². The average molecular weight is 365 g/mol. The lowest BCUT2D eigenvalue weighted by atomic mass is 9.97.